The van der Waals surface area contributed by atoms with Gasteiger partial charge in [-0.1, -0.05) is 0 Å². The van der Waals surface area contributed by atoms with Crippen LogP contribution < -0.4 is 4.90 Å². The van der Waals surface area contributed by atoms with Crippen molar-refractivity contribution in [3.8, 4) is 0 Å². The molecule has 0 aliphatic rings. The lowest BCUT2D eigenvalue weighted by atomic mass is 10.3. The second kappa shape index (κ2) is 2.69. The molecule has 0 unspecified atom stereocenters. The average molecular weight is 136 g/mol. The van der Waals surface area contributed by atoms with Gasteiger partial charge in [0.25, 0.3) is 0 Å². The molecule has 0 N–H and O–H groups in total. The number of pyridine rings is 1. The Kier molecular flexibility index (Phi) is 1.90. The summed E-state index contributed by atoms with van der Waals surface area (Å²) in [7, 11) is 4.01. The van der Waals surface area contributed by atoms with Crippen LogP contribution in [0, 0.1) is 6.92 Å². The Labute approximate surface area is 61.5 Å². The minimum atomic E-state index is 1.06. The minimum absolute atomic E-state index is 1.06. The number of anilines is 1. The van der Waals surface area contributed by atoms with E-state index < -0.39 is 0 Å². The summed E-state index contributed by atoms with van der Waals surface area (Å²) in [5.74, 6) is 0. The van der Waals surface area contributed by atoms with E-state index in [2.05, 4.69) is 11.1 Å². The summed E-state index contributed by atoms with van der Waals surface area (Å²) in [6.07, 6.45) is 1.87. The molecule has 1 rings (SSSR count). The van der Waals surface area contributed by atoms with Crippen molar-refractivity contribution in [2.24, 2.45) is 0 Å². The fourth-order valence-corrected chi connectivity index (χ4v) is 0.725. The van der Waals surface area contributed by atoms with Gasteiger partial charge in [-0.2, -0.15) is 0 Å². The van der Waals surface area contributed by atoms with E-state index >= 15 is 0 Å². The first-order valence-corrected chi connectivity index (χ1v) is 3.30. The summed E-state index contributed by atoms with van der Waals surface area (Å²) < 4.78 is 0. The minimum Gasteiger partial charge on any atom is -0.376 e. The second-order valence-electron chi connectivity index (χ2n) is 2.55. The van der Waals surface area contributed by atoms with E-state index in [0.717, 1.165) is 11.4 Å². The first kappa shape index (κ1) is 7.06. The number of hydrogen-bond acceptors (Lipinski definition) is 2. The van der Waals surface area contributed by atoms with Gasteiger partial charge in [-0.05, 0) is 19.1 Å². The van der Waals surface area contributed by atoms with Crippen LogP contribution in [0.4, 0.5) is 5.69 Å². The van der Waals surface area contributed by atoms with Gasteiger partial charge >= 0.3 is 0 Å². The van der Waals surface area contributed by atoms with Crippen LogP contribution in [-0.2, 0) is 0 Å². The van der Waals surface area contributed by atoms with E-state index in [1.807, 2.05) is 38.2 Å². The van der Waals surface area contributed by atoms with Gasteiger partial charge in [-0.15, -0.1) is 0 Å². The molecule has 1 aromatic rings. The lowest BCUT2D eigenvalue weighted by Crippen LogP contribution is -2.08. The standard InChI is InChI=1S/C8H12N2/c1-7-4-5-8(6-9-7)10(2)3/h4-6H,1-3H3. The van der Waals surface area contributed by atoms with Crippen molar-refractivity contribution in [1.82, 2.24) is 4.98 Å². The largest absolute Gasteiger partial charge is 0.376 e. The molecule has 0 saturated carbocycles. The molecule has 0 aliphatic heterocycles. The third-order valence-corrected chi connectivity index (χ3v) is 1.41. The highest BCUT2D eigenvalue weighted by molar-refractivity contribution is 5.42. The average Bonchev–Trinajstić information content (AvgIpc) is 1.88. The number of aromatic nitrogens is 1. The molecule has 0 atom stereocenters. The molecule has 54 valence electrons. The van der Waals surface area contributed by atoms with Crippen LogP contribution in [0.25, 0.3) is 0 Å². The van der Waals surface area contributed by atoms with Crippen molar-refractivity contribution in [2.45, 2.75) is 6.92 Å². The highest BCUT2D eigenvalue weighted by atomic mass is 15.1. The smallest absolute Gasteiger partial charge is 0.0547 e. The summed E-state index contributed by atoms with van der Waals surface area (Å²) in [5, 5.41) is 0. The molecule has 0 radical (unpaired) electrons. The van der Waals surface area contributed by atoms with Crippen molar-refractivity contribution in [1.29, 1.82) is 0 Å². The van der Waals surface area contributed by atoms with Crippen LogP contribution in [0.2, 0.25) is 0 Å². The van der Waals surface area contributed by atoms with Crippen molar-refractivity contribution >= 4 is 5.69 Å². The molecule has 1 heterocycles. The Bertz CT molecular complexity index is 201. The zero-order valence-corrected chi connectivity index (χ0v) is 6.63. The molecule has 2 heteroatoms. The van der Waals surface area contributed by atoms with Crippen LogP contribution in [0.1, 0.15) is 5.69 Å². The summed E-state index contributed by atoms with van der Waals surface area (Å²) in [5.41, 5.74) is 2.20. The molecule has 2 nitrogen and oxygen atoms in total. The summed E-state index contributed by atoms with van der Waals surface area (Å²) in [6, 6.07) is 4.07. The lowest BCUT2D eigenvalue weighted by molar-refractivity contribution is 1.09. The highest BCUT2D eigenvalue weighted by Crippen LogP contribution is 2.07. The third-order valence-electron chi connectivity index (χ3n) is 1.41. The second-order valence-corrected chi connectivity index (χ2v) is 2.55. The highest BCUT2D eigenvalue weighted by Gasteiger charge is 1.91. The zero-order chi connectivity index (χ0) is 7.56. The predicted molar refractivity (Wildman–Crippen MR) is 43.3 cm³/mol. The van der Waals surface area contributed by atoms with Crippen LogP contribution in [0.15, 0.2) is 18.3 Å². The van der Waals surface area contributed by atoms with Crippen molar-refractivity contribution < 1.29 is 0 Å². The fraction of sp³-hybridized carbons (Fsp3) is 0.375. The van der Waals surface area contributed by atoms with Crippen LogP contribution in [0.5, 0.6) is 0 Å². The van der Waals surface area contributed by atoms with Gasteiger partial charge in [-0.3, -0.25) is 4.98 Å². The Morgan fingerprint density at radius 3 is 2.40 bits per heavy atom. The first-order chi connectivity index (χ1) is 4.70. The Morgan fingerprint density at radius 1 is 1.30 bits per heavy atom. The maximum Gasteiger partial charge on any atom is 0.0547 e. The van der Waals surface area contributed by atoms with Crippen molar-refractivity contribution in [3.63, 3.8) is 0 Å². The van der Waals surface area contributed by atoms with Crippen LogP contribution in [0.3, 0.4) is 0 Å². The number of rotatable bonds is 1. The molecule has 0 aromatic carbocycles. The molecule has 10 heavy (non-hydrogen) atoms. The SMILES string of the molecule is Cc1ccc(N(C)C)cn1. The van der Waals surface area contributed by atoms with Gasteiger partial charge in [-0.25, -0.2) is 0 Å². The molecule has 0 amide bonds. The fourth-order valence-electron chi connectivity index (χ4n) is 0.725. The monoisotopic (exact) mass is 136 g/mol. The third kappa shape index (κ3) is 1.47. The van der Waals surface area contributed by atoms with Gasteiger partial charge in [0.2, 0.25) is 0 Å². The molecule has 0 fully saturated rings. The van der Waals surface area contributed by atoms with Gasteiger partial charge in [0.15, 0.2) is 0 Å². The summed E-state index contributed by atoms with van der Waals surface area (Å²) >= 11 is 0. The number of nitrogens with zero attached hydrogens (tertiary/aromatic N) is 2. The van der Waals surface area contributed by atoms with E-state index in [0.29, 0.717) is 0 Å². The van der Waals surface area contributed by atoms with Crippen LogP contribution >= 0.6 is 0 Å². The van der Waals surface area contributed by atoms with Gasteiger partial charge < -0.3 is 4.90 Å². The van der Waals surface area contributed by atoms with E-state index in [4.69, 9.17) is 0 Å². The van der Waals surface area contributed by atoms with Crippen LogP contribution in [-0.4, -0.2) is 19.1 Å². The van der Waals surface area contributed by atoms with E-state index in [9.17, 15) is 0 Å². The summed E-state index contributed by atoms with van der Waals surface area (Å²) in [4.78, 5) is 6.19. The molecule has 0 saturated heterocycles. The topological polar surface area (TPSA) is 16.1 Å². The maximum absolute atomic E-state index is 4.16. The first-order valence-electron chi connectivity index (χ1n) is 3.30. The normalized spacial score (nSPS) is 9.50. The van der Waals surface area contributed by atoms with Crippen molar-refractivity contribution in [2.75, 3.05) is 19.0 Å². The Balaban J connectivity index is 2.89. The predicted octanol–water partition coefficient (Wildman–Crippen LogP) is 1.46. The lowest BCUT2D eigenvalue weighted by Gasteiger charge is -2.10. The van der Waals surface area contributed by atoms with Gasteiger partial charge in [0.1, 0.15) is 0 Å². The van der Waals surface area contributed by atoms with Gasteiger partial charge in [0.05, 0.1) is 11.9 Å². The maximum atomic E-state index is 4.16. The Morgan fingerprint density at radius 2 is 2.00 bits per heavy atom. The Hall–Kier alpha value is -1.05. The van der Waals surface area contributed by atoms with E-state index in [-0.39, 0.29) is 0 Å². The molecule has 0 aliphatic carbocycles. The van der Waals surface area contributed by atoms with E-state index in [1.54, 1.807) is 0 Å². The molecule has 0 spiro atoms. The van der Waals surface area contributed by atoms with Gasteiger partial charge in [0, 0.05) is 19.8 Å². The van der Waals surface area contributed by atoms with E-state index in [1.165, 1.54) is 0 Å². The summed E-state index contributed by atoms with van der Waals surface area (Å²) in [6.45, 7) is 1.99. The molecule has 1 aromatic heterocycles. The molecule has 0 bridgehead atoms. The molecular weight excluding hydrogens is 124 g/mol. The zero-order valence-electron chi connectivity index (χ0n) is 6.63. The number of hydrogen-bond donors (Lipinski definition) is 0. The molecular formula is C8H12N2. The van der Waals surface area contributed by atoms with Crippen molar-refractivity contribution in [3.05, 3.63) is 24.0 Å². The quantitative estimate of drug-likeness (QED) is 0.581. The number of aryl methyl sites for hydroxylation is 1.